The van der Waals surface area contributed by atoms with E-state index in [1.165, 1.54) is 0 Å². The molecule has 28 heavy (non-hydrogen) atoms. The van der Waals surface area contributed by atoms with Crippen molar-refractivity contribution in [2.24, 2.45) is 0 Å². The van der Waals surface area contributed by atoms with Crippen LogP contribution in [0.3, 0.4) is 0 Å². The molecular formula is C20H16ClN5O2. The molecule has 7 nitrogen and oxygen atoms in total. The molecular weight excluding hydrogens is 378 g/mol. The summed E-state index contributed by atoms with van der Waals surface area (Å²) < 4.78 is 6.98. The zero-order valence-corrected chi connectivity index (χ0v) is 15.7. The van der Waals surface area contributed by atoms with Gasteiger partial charge in [-0.15, -0.1) is 0 Å². The number of nitrogens with one attached hydrogen (secondary N) is 1. The second-order valence-corrected chi connectivity index (χ2v) is 6.58. The quantitative estimate of drug-likeness (QED) is 0.552. The molecule has 0 aliphatic heterocycles. The summed E-state index contributed by atoms with van der Waals surface area (Å²) in [7, 11) is 0. The van der Waals surface area contributed by atoms with Gasteiger partial charge in [-0.25, -0.2) is 14.6 Å². The lowest BCUT2D eigenvalue weighted by Crippen LogP contribution is -2.16. The number of carbonyl (C=O) groups is 1. The molecule has 0 aliphatic rings. The lowest BCUT2D eigenvalue weighted by atomic mass is 10.1. The first kappa shape index (κ1) is 17.9. The van der Waals surface area contributed by atoms with Gasteiger partial charge in [0.05, 0.1) is 12.7 Å². The predicted octanol–water partition coefficient (Wildman–Crippen LogP) is 4.07. The molecule has 3 aromatic heterocycles. The molecule has 3 heterocycles. The maximum atomic E-state index is 12.5. The van der Waals surface area contributed by atoms with Crippen molar-refractivity contribution in [3.05, 3.63) is 77.3 Å². The average molecular weight is 394 g/mol. The van der Waals surface area contributed by atoms with E-state index in [1.54, 1.807) is 53.7 Å². The Morgan fingerprint density at radius 2 is 2.11 bits per heavy atom. The number of anilines is 1. The van der Waals surface area contributed by atoms with Crippen molar-refractivity contribution in [2.75, 3.05) is 5.32 Å². The molecule has 0 saturated carbocycles. The first-order chi connectivity index (χ1) is 13.6. The highest BCUT2D eigenvalue weighted by atomic mass is 35.5. The van der Waals surface area contributed by atoms with Crippen LogP contribution in [0, 0.1) is 6.92 Å². The first-order valence-electron chi connectivity index (χ1n) is 8.56. The second-order valence-electron chi connectivity index (χ2n) is 6.17. The van der Waals surface area contributed by atoms with Crippen LogP contribution in [0.1, 0.15) is 11.1 Å². The average Bonchev–Trinajstić information content (AvgIpc) is 3.38. The minimum atomic E-state index is -0.197. The number of hydrogen-bond acceptors (Lipinski definition) is 5. The highest BCUT2D eigenvalue weighted by Gasteiger charge is 2.13. The number of aryl methyl sites for hydroxylation is 1. The number of benzene rings is 1. The Morgan fingerprint density at radius 3 is 2.82 bits per heavy atom. The Balaban J connectivity index is 1.61. The fraction of sp³-hybridized carbons (Fsp3) is 0.100. The number of nitrogens with zero attached hydrogens (tertiary/aromatic N) is 4. The normalized spacial score (nSPS) is 10.8. The van der Waals surface area contributed by atoms with E-state index in [1.807, 2.05) is 19.1 Å². The van der Waals surface area contributed by atoms with Crippen LogP contribution in [0.2, 0.25) is 5.02 Å². The topological polar surface area (TPSA) is 85.8 Å². The molecule has 1 amide bonds. The van der Waals surface area contributed by atoms with Crippen molar-refractivity contribution in [3.63, 3.8) is 0 Å². The van der Waals surface area contributed by atoms with Gasteiger partial charge in [0.15, 0.2) is 17.4 Å². The molecule has 0 fully saturated rings. The third-order valence-electron chi connectivity index (χ3n) is 4.05. The third-order valence-corrected chi connectivity index (χ3v) is 4.47. The molecule has 0 atom stereocenters. The molecule has 1 aromatic carbocycles. The second kappa shape index (κ2) is 7.66. The van der Waals surface area contributed by atoms with Crippen LogP contribution in [0.15, 0.2) is 65.5 Å². The van der Waals surface area contributed by atoms with Crippen LogP contribution in [0.25, 0.3) is 17.4 Å². The van der Waals surface area contributed by atoms with E-state index in [4.69, 9.17) is 16.0 Å². The van der Waals surface area contributed by atoms with Gasteiger partial charge >= 0.3 is 0 Å². The van der Waals surface area contributed by atoms with Crippen LogP contribution in [0.5, 0.6) is 0 Å². The zero-order valence-electron chi connectivity index (χ0n) is 15.0. The molecule has 0 unspecified atom stereocenters. The van der Waals surface area contributed by atoms with E-state index < -0.39 is 0 Å². The van der Waals surface area contributed by atoms with E-state index in [-0.39, 0.29) is 12.3 Å². The minimum Gasteiger partial charge on any atom is -0.461 e. The van der Waals surface area contributed by atoms with Gasteiger partial charge in [-0.1, -0.05) is 23.7 Å². The smallest absolute Gasteiger partial charge is 0.229 e. The number of halogens is 1. The molecule has 4 rings (SSSR count). The molecule has 140 valence electrons. The van der Waals surface area contributed by atoms with Gasteiger partial charge < -0.3 is 9.73 Å². The Bertz CT molecular complexity index is 1060. The fourth-order valence-corrected chi connectivity index (χ4v) is 2.84. The van der Waals surface area contributed by atoms with Crippen molar-refractivity contribution >= 4 is 23.3 Å². The van der Waals surface area contributed by atoms with Gasteiger partial charge in [0.1, 0.15) is 5.82 Å². The minimum absolute atomic E-state index is 0.197. The fourth-order valence-electron chi connectivity index (χ4n) is 2.73. The Morgan fingerprint density at radius 1 is 1.21 bits per heavy atom. The van der Waals surface area contributed by atoms with Crippen molar-refractivity contribution in [3.8, 4) is 17.4 Å². The van der Waals surface area contributed by atoms with E-state index in [0.717, 1.165) is 11.1 Å². The summed E-state index contributed by atoms with van der Waals surface area (Å²) in [6.07, 6.45) is 5.15. The summed E-state index contributed by atoms with van der Waals surface area (Å²) in [5.41, 5.74) is 1.79. The number of carbonyl (C=O) groups excluding carboxylic acids is 1. The summed E-state index contributed by atoms with van der Waals surface area (Å²) in [4.78, 5) is 21.4. The standard InChI is InChI=1S/C20H16ClN5O2/c1-13-10-14(5-6-15(13)21)11-19(27)23-17-12-18(26-8-3-7-22-26)25-20(24-17)16-4-2-9-28-16/h2-10,12H,11H2,1H3,(H,23,24,25,27). The summed E-state index contributed by atoms with van der Waals surface area (Å²) in [6.45, 7) is 1.90. The molecule has 0 aliphatic carbocycles. The van der Waals surface area contributed by atoms with Gasteiger partial charge in [0.2, 0.25) is 5.91 Å². The van der Waals surface area contributed by atoms with Gasteiger partial charge in [0, 0.05) is 23.5 Å². The molecule has 0 bridgehead atoms. The van der Waals surface area contributed by atoms with E-state index in [2.05, 4.69) is 20.4 Å². The summed E-state index contributed by atoms with van der Waals surface area (Å²) in [6, 6.07) is 12.5. The van der Waals surface area contributed by atoms with Crippen molar-refractivity contribution in [1.29, 1.82) is 0 Å². The Labute approximate surface area is 166 Å². The number of furan rings is 1. The number of hydrogen-bond donors (Lipinski definition) is 1. The molecule has 1 N–H and O–H groups in total. The van der Waals surface area contributed by atoms with Crippen LogP contribution in [0.4, 0.5) is 5.82 Å². The molecule has 8 heteroatoms. The van der Waals surface area contributed by atoms with Gasteiger partial charge in [-0.3, -0.25) is 4.79 Å². The van der Waals surface area contributed by atoms with Crippen LogP contribution in [-0.4, -0.2) is 25.7 Å². The van der Waals surface area contributed by atoms with Crippen LogP contribution >= 0.6 is 11.6 Å². The lowest BCUT2D eigenvalue weighted by Gasteiger charge is -2.09. The van der Waals surface area contributed by atoms with Gasteiger partial charge in [-0.2, -0.15) is 5.10 Å². The third kappa shape index (κ3) is 3.94. The van der Waals surface area contributed by atoms with E-state index >= 15 is 0 Å². The monoisotopic (exact) mass is 393 g/mol. The Hall–Kier alpha value is -3.45. The largest absolute Gasteiger partial charge is 0.461 e. The van der Waals surface area contributed by atoms with Crippen LogP contribution < -0.4 is 5.32 Å². The first-order valence-corrected chi connectivity index (χ1v) is 8.94. The van der Waals surface area contributed by atoms with E-state index in [9.17, 15) is 4.79 Å². The maximum Gasteiger partial charge on any atom is 0.229 e. The van der Waals surface area contributed by atoms with Crippen molar-refractivity contribution in [2.45, 2.75) is 13.3 Å². The SMILES string of the molecule is Cc1cc(CC(=O)Nc2cc(-n3cccn3)nc(-c3ccco3)n2)ccc1Cl. The molecule has 4 aromatic rings. The molecule has 0 radical (unpaired) electrons. The lowest BCUT2D eigenvalue weighted by molar-refractivity contribution is -0.115. The molecule has 0 saturated heterocycles. The highest BCUT2D eigenvalue weighted by Crippen LogP contribution is 2.21. The van der Waals surface area contributed by atoms with Crippen molar-refractivity contribution in [1.82, 2.24) is 19.7 Å². The van der Waals surface area contributed by atoms with Crippen LogP contribution in [-0.2, 0) is 11.2 Å². The summed E-state index contributed by atoms with van der Waals surface area (Å²) in [5.74, 6) is 1.54. The predicted molar refractivity (Wildman–Crippen MR) is 105 cm³/mol. The summed E-state index contributed by atoms with van der Waals surface area (Å²) >= 11 is 6.04. The maximum absolute atomic E-state index is 12.5. The zero-order chi connectivity index (χ0) is 19.5. The Kier molecular flexibility index (Phi) is 4.90. The highest BCUT2D eigenvalue weighted by molar-refractivity contribution is 6.31. The number of amides is 1. The molecule has 0 spiro atoms. The summed E-state index contributed by atoms with van der Waals surface area (Å²) in [5, 5.41) is 7.68. The van der Waals surface area contributed by atoms with E-state index in [0.29, 0.717) is 28.2 Å². The van der Waals surface area contributed by atoms with Gasteiger partial charge in [0.25, 0.3) is 0 Å². The number of aromatic nitrogens is 4. The number of rotatable bonds is 5. The van der Waals surface area contributed by atoms with Gasteiger partial charge in [-0.05, 0) is 42.3 Å². The van der Waals surface area contributed by atoms with Crippen molar-refractivity contribution < 1.29 is 9.21 Å².